The number of benzene rings is 1. The highest BCUT2D eigenvalue weighted by atomic mass is 79.9. The van der Waals surface area contributed by atoms with Gasteiger partial charge in [-0.15, -0.1) is 11.8 Å². The fourth-order valence-corrected chi connectivity index (χ4v) is 3.23. The van der Waals surface area contributed by atoms with Gasteiger partial charge in [-0.3, -0.25) is 0 Å². The summed E-state index contributed by atoms with van der Waals surface area (Å²) in [5.74, 6) is 2.41. The SMILES string of the molecule is CCNc1nc(CSc2ccccc2Br)ncc1Br. The topological polar surface area (TPSA) is 37.8 Å². The van der Waals surface area contributed by atoms with Crippen LogP contribution in [-0.2, 0) is 5.75 Å². The van der Waals surface area contributed by atoms with E-state index in [1.807, 2.05) is 25.1 Å². The van der Waals surface area contributed by atoms with Crippen LogP contribution >= 0.6 is 43.6 Å². The first-order chi connectivity index (χ1) is 9.20. The molecule has 6 heteroatoms. The van der Waals surface area contributed by atoms with E-state index in [1.54, 1.807) is 18.0 Å². The van der Waals surface area contributed by atoms with Crippen LogP contribution in [0.2, 0.25) is 0 Å². The summed E-state index contributed by atoms with van der Waals surface area (Å²) >= 11 is 8.69. The molecule has 0 aliphatic rings. The average molecular weight is 403 g/mol. The molecule has 0 saturated heterocycles. The van der Waals surface area contributed by atoms with E-state index in [-0.39, 0.29) is 0 Å². The zero-order valence-corrected chi connectivity index (χ0v) is 14.3. The molecule has 100 valence electrons. The van der Waals surface area contributed by atoms with Crippen LogP contribution in [0.15, 0.2) is 44.3 Å². The molecule has 0 amide bonds. The van der Waals surface area contributed by atoms with Gasteiger partial charge < -0.3 is 5.32 Å². The van der Waals surface area contributed by atoms with Crippen LogP contribution in [0, 0.1) is 0 Å². The molecule has 0 saturated carbocycles. The van der Waals surface area contributed by atoms with Crippen LogP contribution < -0.4 is 5.32 Å². The quantitative estimate of drug-likeness (QED) is 0.733. The summed E-state index contributed by atoms with van der Waals surface area (Å²) in [5, 5.41) is 3.21. The van der Waals surface area contributed by atoms with E-state index >= 15 is 0 Å². The molecule has 1 N–H and O–H groups in total. The third kappa shape index (κ3) is 4.19. The van der Waals surface area contributed by atoms with Crippen molar-refractivity contribution in [3.05, 3.63) is 45.2 Å². The Balaban J connectivity index is 2.07. The third-order valence-electron chi connectivity index (χ3n) is 2.33. The summed E-state index contributed by atoms with van der Waals surface area (Å²) in [7, 11) is 0. The molecule has 2 rings (SSSR count). The number of nitrogens with zero attached hydrogens (tertiary/aromatic N) is 2. The molecule has 19 heavy (non-hydrogen) atoms. The van der Waals surface area contributed by atoms with E-state index in [4.69, 9.17) is 0 Å². The molecule has 3 nitrogen and oxygen atoms in total. The first-order valence-electron chi connectivity index (χ1n) is 5.83. The van der Waals surface area contributed by atoms with Crippen molar-refractivity contribution in [1.82, 2.24) is 9.97 Å². The van der Waals surface area contributed by atoms with Gasteiger partial charge in [0.05, 0.1) is 10.2 Å². The van der Waals surface area contributed by atoms with Gasteiger partial charge in [-0.25, -0.2) is 9.97 Å². The number of rotatable bonds is 5. The predicted octanol–water partition coefficient (Wildman–Crippen LogP) is 4.73. The zero-order valence-electron chi connectivity index (χ0n) is 10.4. The summed E-state index contributed by atoms with van der Waals surface area (Å²) < 4.78 is 1.99. The fraction of sp³-hybridized carbons (Fsp3) is 0.231. The molecule has 0 unspecified atom stereocenters. The lowest BCUT2D eigenvalue weighted by Gasteiger charge is -2.07. The van der Waals surface area contributed by atoms with E-state index in [1.165, 1.54) is 4.90 Å². The Kier molecular flexibility index (Phi) is 5.66. The normalized spacial score (nSPS) is 10.5. The molecule has 2 aromatic rings. The maximum absolute atomic E-state index is 4.50. The van der Waals surface area contributed by atoms with Crippen molar-refractivity contribution in [2.45, 2.75) is 17.6 Å². The average Bonchev–Trinajstić information content (AvgIpc) is 2.41. The summed E-state index contributed by atoms with van der Waals surface area (Å²) in [4.78, 5) is 10.0. The molecule has 0 aliphatic carbocycles. The minimum absolute atomic E-state index is 0.744. The van der Waals surface area contributed by atoms with Crippen molar-refractivity contribution in [1.29, 1.82) is 0 Å². The number of aromatic nitrogens is 2. The van der Waals surface area contributed by atoms with Crippen molar-refractivity contribution >= 4 is 49.4 Å². The lowest BCUT2D eigenvalue weighted by molar-refractivity contribution is 1.01. The van der Waals surface area contributed by atoms with Gasteiger partial charge in [0, 0.05) is 22.1 Å². The van der Waals surface area contributed by atoms with Crippen LogP contribution in [0.3, 0.4) is 0 Å². The van der Waals surface area contributed by atoms with Crippen LogP contribution in [-0.4, -0.2) is 16.5 Å². The largest absolute Gasteiger partial charge is 0.369 e. The highest BCUT2D eigenvalue weighted by Crippen LogP contribution is 2.29. The lowest BCUT2D eigenvalue weighted by atomic mass is 10.4. The smallest absolute Gasteiger partial charge is 0.144 e. The fourth-order valence-electron chi connectivity index (χ4n) is 1.47. The molecule has 0 radical (unpaired) electrons. The van der Waals surface area contributed by atoms with E-state index in [2.05, 4.69) is 53.2 Å². The lowest BCUT2D eigenvalue weighted by Crippen LogP contribution is -2.03. The minimum atomic E-state index is 0.744. The third-order valence-corrected chi connectivity index (χ3v) is 4.94. The van der Waals surface area contributed by atoms with Gasteiger partial charge in [0.1, 0.15) is 11.6 Å². The van der Waals surface area contributed by atoms with Gasteiger partial charge in [-0.05, 0) is 50.9 Å². The first kappa shape index (κ1) is 14.8. The van der Waals surface area contributed by atoms with Gasteiger partial charge in [0.2, 0.25) is 0 Å². The second-order valence-electron chi connectivity index (χ2n) is 3.73. The number of hydrogen-bond donors (Lipinski definition) is 1. The maximum Gasteiger partial charge on any atom is 0.144 e. The number of hydrogen-bond acceptors (Lipinski definition) is 4. The molecule has 0 fully saturated rings. The zero-order chi connectivity index (χ0) is 13.7. The van der Waals surface area contributed by atoms with Crippen molar-refractivity contribution in [3.63, 3.8) is 0 Å². The van der Waals surface area contributed by atoms with Crippen LogP contribution in [0.25, 0.3) is 0 Å². The Morgan fingerprint density at radius 1 is 1.21 bits per heavy atom. The summed E-state index contributed by atoms with van der Waals surface area (Å²) in [5.41, 5.74) is 0. The standard InChI is InChI=1S/C13H13Br2N3S/c1-2-16-13-10(15)7-17-12(18-13)8-19-11-6-4-3-5-9(11)14/h3-7H,2,8H2,1H3,(H,16,17,18). The summed E-state index contributed by atoms with van der Waals surface area (Å²) in [6.45, 7) is 2.89. The van der Waals surface area contributed by atoms with E-state index < -0.39 is 0 Å². The Labute approximate surface area is 133 Å². The van der Waals surface area contributed by atoms with Gasteiger partial charge in [0.15, 0.2) is 0 Å². The number of nitrogens with one attached hydrogen (secondary N) is 1. The Morgan fingerprint density at radius 2 is 2.00 bits per heavy atom. The Bertz CT molecular complexity index is 563. The Hall–Kier alpha value is -0.590. The summed E-state index contributed by atoms with van der Waals surface area (Å²) in [6, 6.07) is 8.15. The van der Waals surface area contributed by atoms with Crippen molar-refractivity contribution in [2.75, 3.05) is 11.9 Å². The molecule has 0 atom stereocenters. The van der Waals surface area contributed by atoms with E-state index in [0.717, 1.165) is 32.9 Å². The van der Waals surface area contributed by atoms with Crippen LogP contribution in [0.5, 0.6) is 0 Å². The highest BCUT2D eigenvalue weighted by molar-refractivity contribution is 9.10. The molecule has 1 aromatic heterocycles. The van der Waals surface area contributed by atoms with Crippen LogP contribution in [0.4, 0.5) is 5.82 Å². The monoisotopic (exact) mass is 401 g/mol. The van der Waals surface area contributed by atoms with E-state index in [9.17, 15) is 0 Å². The second-order valence-corrected chi connectivity index (χ2v) is 6.46. The van der Waals surface area contributed by atoms with E-state index in [0.29, 0.717) is 0 Å². The van der Waals surface area contributed by atoms with Crippen molar-refractivity contribution in [2.24, 2.45) is 0 Å². The molecule has 1 aromatic carbocycles. The van der Waals surface area contributed by atoms with Gasteiger partial charge in [-0.1, -0.05) is 12.1 Å². The van der Waals surface area contributed by atoms with Gasteiger partial charge in [-0.2, -0.15) is 0 Å². The van der Waals surface area contributed by atoms with Gasteiger partial charge >= 0.3 is 0 Å². The highest BCUT2D eigenvalue weighted by Gasteiger charge is 2.06. The minimum Gasteiger partial charge on any atom is -0.369 e. The van der Waals surface area contributed by atoms with Crippen molar-refractivity contribution in [3.8, 4) is 0 Å². The molecule has 1 heterocycles. The van der Waals surface area contributed by atoms with Crippen LogP contribution in [0.1, 0.15) is 12.7 Å². The van der Waals surface area contributed by atoms with Crippen molar-refractivity contribution < 1.29 is 0 Å². The predicted molar refractivity (Wildman–Crippen MR) is 87.6 cm³/mol. The first-order valence-corrected chi connectivity index (χ1v) is 8.40. The van der Waals surface area contributed by atoms with Gasteiger partial charge in [0.25, 0.3) is 0 Å². The maximum atomic E-state index is 4.50. The summed E-state index contributed by atoms with van der Waals surface area (Å²) in [6.07, 6.45) is 1.79. The Morgan fingerprint density at radius 3 is 2.74 bits per heavy atom. The number of halogens is 2. The molecular weight excluding hydrogens is 390 g/mol. The number of thioether (sulfide) groups is 1. The molecule has 0 spiro atoms. The molecule has 0 bridgehead atoms. The second kappa shape index (κ2) is 7.26. The molecule has 0 aliphatic heterocycles. The number of anilines is 1. The molecular formula is C13H13Br2N3S.